The molecule has 2 heteroatoms. The molecule has 0 aromatic rings. The van der Waals surface area contributed by atoms with Gasteiger partial charge in [-0.1, -0.05) is 0 Å². The Labute approximate surface area is 61.0 Å². The number of carbonyl (C=O) groups is 1. The second-order valence-corrected chi connectivity index (χ2v) is 3.39. The molecule has 1 atom stereocenters. The van der Waals surface area contributed by atoms with Crippen molar-refractivity contribution in [2.24, 2.45) is 0 Å². The van der Waals surface area contributed by atoms with E-state index < -0.39 is 0 Å². The number of Topliss-reactive ketones (excluding diaryl/α,β-unsaturated/α-hetero) is 1. The van der Waals surface area contributed by atoms with Gasteiger partial charge in [0.15, 0.2) is 5.78 Å². The Morgan fingerprint density at radius 1 is 1.30 bits per heavy atom. The van der Waals surface area contributed by atoms with Crippen LogP contribution in [0.25, 0.3) is 0 Å². The summed E-state index contributed by atoms with van der Waals surface area (Å²) >= 11 is 0. The lowest BCUT2D eigenvalue weighted by atomic mass is 9.95. The third-order valence-corrected chi connectivity index (χ3v) is 2.78. The van der Waals surface area contributed by atoms with E-state index in [2.05, 4.69) is 5.32 Å². The van der Waals surface area contributed by atoms with Crippen molar-refractivity contribution in [1.29, 1.82) is 0 Å². The summed E-state index contributed by atoms with van der Waals surface area (Å²) in [7, 11) is 0. The molecule has 56 valence electrons. The van der Waals surface area contributed by atoms with Gasteiger partial charge in [-0.05, 0) is 32.2 Å². The zero-order valence-corrected chi connectivity index (χ0v) is 6.15. The molecular weight excluding hydrogens is 126 g/mol. The van der Waals surface area contributed by atoms with Gasteiger partial charge < -0.3 is 5.32 Å². The largest absolute Gasteiger partial charge is 0.305 e. The Balaban J connectivity index is 2.19. The molecule has 2 nitrogen and oxygen atoms in total. The molecule has 0 aromatic carbocycles. The molecule has 1 aliphatic heterocycles. The molecular formula is C8H13NO. The molecule has 1 aliphatic carbocycles. The molecule has 0 amide bonds. The van der Waals surface area contributed by atoms with E-state index >= 15 is 0 Å². The first kappa shape index (κ1) is 6.35. The van der Waals surface area contributed by atoms with E-state index in [1.807, 2.05) is 0 Å². The number of rotatable bonds is 0. The Morgan fingerprint density at radius 2 is 2.10 bits per heavy atom. The van der Waals surface area contributed by atoms with Gasteiger partial charge in [0.1, 0.15) is 0 Å². The fourth-order valence-electron chi connectivity index (χ4n) is 2.19. The quantitative estimate of drug-likeness (QED) is 0.539. The van der Waals surface area contributed by atoms with Crippen LogP contribution in [0.5, 0.6) is 0 Å². The molecule has 2 rings (SSSR count). The van der Waals surface area contributed by atoms with E-state index in [4.69, 9.17) is 0 Å². The highest BCUT2D eigenvalue weighted by Crippen LogP contribution is 2.33. The fraction of sp³-hybridized carbons (Fsp3) is 0.875. The predicted molar refractivity (Wildman–Crippen MR) is 38.8 cm³/mol. The van der Waals surface area contributed by atoms with Crippen LogP contribution in [0.2, 0.25) is 0 Å². The first-order valence-electron chi connectivity index (χ1n) is 4.12. The number of ketones is 1. The van der Waals surface area contributed by atoms with Gasteiger partial charge in [-0.2, -0.15) is 0 Å². The van der Waals surface area contributed by atoms with E-state index in [-0.39, 0.29) is 5.54 Å². The zero-order valence-electron chi connectivity index (χ0n) is 6.15. The molecule has 2 aliphatic rings. The van der Waals surface area contributed by atoms with Crippen LogP contribution in [-0.2, 0) is 4.79 Å². The number of hydrogen-bond donors (Lipinski definition) is 1. The summed E-state index contributed by atoms with van der Waals surface area (Å²) in [5, 5.41) is 3.33. The molecule has 0 bridgehead atoms. The molecule has 1 spiro atoms. The van der Waals surface area contributed by atoms with E-state index in [1.165, 1.54) is 6.42 Å². The summed E-state index contributed by atoms with van der Waals surface area (Å²) in [4.78, 5) is 11.3. The Kier molecular flexibility index (Phi) is 1.31. The average molecular weight is 139 g/mol. The maximum Gasteiger partial charge on any atom is 0.152 e. The Morgan fingerprint density at radius 3 is 2.60 bits per heavy atom. The third kappa shape index (κ3) is 0.717. The second kappa shape index (κ2) is 2.06. The van der Waals surface area contributed by atoms with Crippen LogP contribution < -0.4 is 5.32 Å². The van der Waals surface area contributed by atoms with Crippen molar-refractivity contribution in [3.05, 3.63) is 0 Å². The minimum atomic E-state index is -0.0417. The normalized spacial score (nSPS) is 39.8. The predicted octanol–water partition coefficient (Wildman–Crippen LogP) is 0.862. The van der Waals surface area contributed by atoms with Crippen molar-refractivity contribution in [1.82, 2.24) is 5.32 Å². The zero-order chi connectivity index (χ0) is 7.03. The lowest BCUT2D eigenvalue weighted by molar-refractivity contribution is -0.122. The first-order chi connectivity index (χ1) is 4.83. The van der Waals surface area contributed by atoms with Gasteiger partial charge in [0.05, 0.1) is 5.54 Å². The van der Waals surface area contributed by atoms with Crippen LogP contribution in [0.4, 0.5) is 0 Å². The number of hydrogen-bond acceptors (Lipinski definition) is 2. The molecule has 10 heavy (non-hydrogen) atoms. The van der Waals surface area contributed by atoms with Crippen molar-refractivity contribution < 1.29 is 4.79 Å². The highest BCUT2D eigenvalue weighted by Gasteiger charge is 2.43. The highest BCUT2D eigenvalue weighted by molar-refractivity contribution is 5.90. The van der Waals surface area contributed by atoms with Gasteiger partial charge in [-0.3, -0.25) is 4.79 Å². The van der Waals surface area contributed by atoms with Gasteiger partial charge in [0.25, 0.3) is 0 Å². The third-order valence-electron chi connectivity index (χ3n) is 2.78. The molecule has 1 N–H and O–H groups in total. The lowest BCUT2D eigenvalue weighted by Crippen LogP contribution is -2.43. The lowest BCUT2D eigenvalue weighted by Gasteiger charge is -2.20. The van der Waals surface area contributed by atoms with Crippen molar-refractivity contribution in [3.8, 4) is 0 Å². The summed E-state index contributed by atoms with van der Waals surface area (Å²) in [6, 6.07) is 0. The monoisotopic (exact) mass is 139 g/mol. The topological polar surface area (TPSA) is 29.1 Å². The second-order valence-electron chi connectivity index (χ2n) is 3.39. The highest BCUT2D eigenvalue weighted by atomic mass is 16.1. The molecule has 1 heterocycles. The standard InChI is InChI=1S/C8H13NO/c10-7-3-1-4-8(7)5-2-6-9-8/h9H,1-6H2. The van der Waals surface area contributed by atoms with Crippen LogP contribution in [0, 0.1) is 0 Å². The maximum atomic E-state index is 11.3. The summed E-state index contributed by atoms with van der Waals surface area (Å²) < 4.78 is 0. The molecule has 1 unspecified atom stereocenters. The number of nitrogens with one attached hydrogen (secondary N) is 1. The maximum absolute atomic E-state index is 11.3. The number of carbonyl (C=O) groups excluding carboxylic acids is 1. The van der Waals surface area contributed by atoms with Crippen molar-refractivity contribution in [3.63, 3.8) is 0 Å². The van der Waals surface area contributed by atoms with Gasteiger partial charge in [0.2, 0.25) is 0 Å². The molecule has 1 saturated carbocycles. The minimum absolute atomic E-state index is 0.0417. The van der Waals surface area contributed by atoms with Gasteiger partial charge in [-0.15, -0.1) is 0 Å². The summed E-state index contributed by atoms with van der Waals surface area (Å²) in [6.45, 7) is 1.05. The Hall–Kier alpha value is -0.370. The average Bonchev–Trinajstić information content (AvgIpc) is 2.48. The molecule has 0 aromatic heterocycles. The van der Waals surface area contributed by atoms with Crippen LogP contribution >= 0.6 is 0 Å². The van der Waals surface area contributed by atoms with E-state index in [0.29, 0.717) is 5.78 Å². The van der Waals surface area contributed by atoms with Crippen LogP contribution in [0.1, 0.15) is 32.1 Å². The van der Waals surface area contributed by atoms with E-state index in [1.54, 1.807) is 0 Å². The minimum Gasteiger partial charge on any atom is -0.305 e. The van der Waals surface area contributed by atoms with Crippen molar-refractivity contribution >= 4 is 5.78 Å². The SMILES string of the molecule is O=C1CCCC12CCCN2. The molecule has 1 saturated heterocycles. The first-order valence-corrected chi connectivity index (χ1v) is 4.12. The van der Waals surface area contributed by atoms with Gasteiger partial charge in [0, 0.05) is 6.42 Å². The summed E-state index contributed by atoms with van der Waals surface area (Å²) in [5.41, 5.74) is -0.0417. The van der Waals surface area contributed by atoms with Crippen LogP contribution in [0.15, 0.2) is 0 Å². The van der Waals surface area contributed by atoms with Crippen molar-refractivity contribution in [2.45, 2.75) is 37.6 Å². The van der Waals surface area contributed by atoms with Crippen LogP contribution in [0.3, 0.4) is 0 Å². The fourth-order valence-corrected chi connectivity index (χ4v) is 2.19. The molecule has 0 radical (unpaired) electrons. The van der Waals surface area contributed by atoms with Gasteiger partial charge >= 0.3 is 0 Å². The Bertz CT molecular complexity index is 153. The smallest absolute Gasteiger partial charge is 0.152 e. The van der Waals surface area contributed by atoms with E-state index in [0.717, 1.165) is 32.2 Å². The summed E-state index contributed by atoms with van der Waals surface area (Å²) in [5.74, 6) is 0.463. The molecule has 2 fully saturated rings. The summed E-state index contributed by atoms with van der Waals surface area (Å²) in [6.07, 6.45) is 5.28. The van der Waals surface area contributed by atoms with E-state index in [9.17, 15) is 4.79 Å². The van der Waals surface area contributed by atoms with Crippen LogP contribution in [-0.4, -0.2) is 17.9 Å². The van der Waals surface area contributed by atoms with Gasteiger partial charge in [-0.25, -0.2) is 0 Å². The van der Waals surface area contributed by atoms with Crippen molar-refractivity contribution in [2.75, 3.05) is 6.54 Å².